The second-order valence-electron chi connectivity index (χ2n) is 4.22. The van der Waals surface area contributed by atoms with Gasteiger partial charge in [-0.15, -0.1) is 0 Å². The molecular weight excluding hydrogens is 216 g/mol. The summed E-state index contributed by atoms with van der Waals surface area (Å²) in [5.74, 6) is 0.109. The normalized spacial score (nSPS) is 12.4. The van der Waals surface area contributed by atoms with Crippen molar-refractivity contribution in [3.05, 3.63) is 18.0 Å². The van der Waals surface area contributed by atoms with Crippen molar-refractivity contribution in [1.82, 2.24) is 20.4 Å². The molecule has 0 spiro atoms. The fourth-order valence-electron chi connectivity index (χ4n) is 1.54. The maximum Gasteiger partial charge on any atom is 0.221 e. The van der Waals surface area contributed by atoms with Crippen LogP contribution >= 0.6 is 0 Å². The second kappa shape index (κ2) is 7.06. The van der Waals surface area contributed by atoms with E-state index in [9.17, 15) is 4.79 Å². The van der Waals surface area contributed by atoms with Crippen molar-refractivity contribution >= 4 is 5.91 Å². The lowest BCUT2D eigenvalue weighted by Crippen LogP contribution is -2.29. The van der Waals surface area contributed by atoms with Gasteiger partial charge in [0.15, 0.2) is 0 Å². The molecule has 0 fully saturated rings. The molecule has 1 amide bonds. The number of carbonyl (C=O) groups is 1. The summed E-state index contributed by atoms with van der Waals surface area (Å²) in [6.45, 7) is 5.56. The molecule has 0 radical (unpaired) electrons. The highest BCUT2D eigenvalue weighted by molar-refractivity contribution is 5.75. The minimum Gasteiger partial charge on any atom is -0.356 e. The zero-order valence-corrected chi connectivity index (χ0v) is 10.9. The van der Waals surface area contributed by atoms with Crippen molar-refractivity contribution in [3.8, 4) is 0 Å². The Labute approximate surface area is 103 Å². The van der Waals surface area contributed by atoms with Crippen molar-refractivity contribution in [2.24, 2.45) is 7.05 Å². The number of hydrogen-bond donors (Lipinski definition) is 2. The summed E-state index contributed by atoms with van der Waals surface area (Å²) in [4.78, 5) is 11.4. The summed E-state index contributed by atoms with van der Waals surface area (Å²) in [7, 11) is 1.90. The Morgan fingerprint density at radius 2 is 2.29 bits per heavy atom. The lowest BCUT2D eigenvalue weighted by atomic mass is 10.2. The minimum absolute atomic E-state index is 0.109. The fraction of sp³-hybridized carbons (Fsp3) is 0.667. The van der Waals surface area contributed by atoms with Crippen LogP contribution in [-0.2, 0) is 11.8 Å². The minimum atomic E-state index is 0.109. The number of aryl methyl sites for hydroxylation is 1. The molecule has 0 aromatic carbocycles. The monoisotopic (exact) mass is 238 g/mol. The molecule has 1 aromatic rings. The van der Waals surface area contributed by atoms with E-state index in [4.69, 9.17) is 0 Å². The Kier molecular flexibility index (Phi) is 5.69. The first-order valence-electron chi connectivity index (χ1n) is 6.12. The molecule has 0 saturated heterocycles. The van der Waals surface area contributed by atoms with Gasteiger partial charge in [0.1, 0.15) is 0 Å². The molecule has 1 aromatic heterocycles. The van der Waals surface area contributed by atoms with Crippen LogP contribution in [0, 0.1) is 0 Å². The summed E-state index contributed by atoms with van der Waals surface area (Å²) < 4.78 is 1.78. The Bertz CT molecular complexity index is 348. The van der Waals surface area contributed by atoms with Gasteiger partial charge in [-0.1, -0.05) is 6.92 Å². The third-order valence-corrected chi connectivity index (χ3v) is 2.60. The van der Waals surface area contributed by atoms with Gasteiger partial charge in [0.2, 0.25) is 5.91 Å². The predicted molar refractivity (Wildman–Crippen MR) is 67.5 cm³/mol. The Balaban J connectivity index is 2.20. The van der Waals surface area contributed by atoms with Crippen molar-refractivity contribution in [1.29, 1.82) is 0 Å². The highest BCUT2D eigenvalue weighted by Gasteiger charge is 2.07. The van der Waals surface area contributed by atoms with Crippen LogP contribution in [0.1, 0.15) is 38.3 Å². The van der Waals surface area contributed by atoms with E-state index < -0.39 is 0 Å². The summed E-state index contributed by atoms with van der Waals surface area (Å²) in [5.41, 5.74) is 1.14. The van der Waals surface area contributed by atoms with E-state index >= 15 is 0 Å². The zero-order valence-electron chi connectivity index (χ0n) is 10.9. The van der Waals surface area contributed by atoms with Crippen molar-refractivity contribution in [2.45, 2.75) is 32.7 Å². The standard InChI is InChI=1S/C12H22N4O/c1-4-6-14-12(17)5-7-13-10(2)11-8-15-16(3)9-11/h8-10,13H,4-7H2,1-3H3,(H,14,17). The van der Waals surface area contributed by atoms with Crippen LogP contribution in [0.2, 0.25) is 0 Å². The van der Waals surface area contributed by atoms with Crippen LogP contribution in [0.15, 0.2) is 12.4 Å². The van der Waals surface area contributed by atoms with E-state index in [-0.39, 0.29) is 11.9 Å². The SMILES string of the molecule is CCCNC(=O)CCNC(C)c1cnn(C)c1. The van der Waals surface area contributed by atoms with Crippen molar-refractivity contribution in [2.75, 3.05) is 13.1 Å². The number of nitrogens with zero attached hydrogens (tertiary/aromatic N) is 2. The van der Waals surface area contributed by atoms with E-state index in [2.05, 4.69) is 22.7 Å². The van der Waals surface area contributed by atoms with Crippen LogP contribution in [0.4, 0.5) is 0 Å². The van der Waals surface area contributed by atoms with Gasteiger partial charge >= 0.3 is 0 Å². The maximum atomic E-state index is 11.4. The van der Waals surface area contributed by atoms with Gasteiger partial charge in [-0.25, -0.2) is 0 Å². The molecule has 0 aliphatic heterocycles. The van der Waals surface area contributed by atoms with Gasteiger partial charge in [-0.2, -0.15) is 5.10 Å². The summed E-state index contributed by atoms with van der Waals surface area (Å²) in [6, 6.07) is 0.225. The number of hydrogen-bond acceptors (Lipinski definition) is 3. The van der Waals surface area contributed by atoms with Crippen molar-refractivity contribution < 1.29 is 4.79 Å². The summed E-state index contributed by atoms with van der Waals surface area (Å²) in [6.07, 6.45) is 5.32. The lowest BCUT2D eigenvalue weighted by Gasteiger charge is -2.11. The number of amides is 1. The van der Waals surface area contributed by atoms with Crippen LogP contribution < -0.4 is 10.6 Å². The van der Waals surface area contributed by atoms with E-state index in [1.807, 2.05) is 26.4 Å². The van der Waals surface area contributed by atoms with Gasteiger partial charge in [0, 0.05) is 44.4 Å². The zero-order chi connectivity index (χ0) is 12.7. The predicted octanol–water partition coefficient (Wildman–Crippen LogP) is 0.987. The second-order valence-corrected chi connectivity index (χ2v) is 4.22. The Hall–Kier alpha value is -1.36. The van der Waals surface area contributed by atoms with E-state index in [1.165, 1.54) is 0 Å². The third-order valence-electron chi connectivity index (χ3n) is 2.60. The molecule has 96 valence electrons. The van der Waals surface area contributed by atoms with Crippen LogP contribution in [0.25, 0.3) is 0 Å². The molecular formula is C12H22N4O. The topological polar surface area (TPSA) is 59.0 Å². The van der Waals surface area contributed by atoms with Gasteiger partial charge in [0.05, 0.1) is 6.20 Å². The first-order chi connectivity index (χ1) is 8.13. The summed E-state index contributed by atoms with van der Waals surface area (Å²) >= 11 is 0. The first kappa shape index (κ1) is 13.7. The van der Waals surface area contributed by atoms with Crippen LogP contribution in [-0.4, -0.2) is 28.8 Å². The molecule has 17 heavy (non-hydrogen) atoms. The average molecular weight is 238 g/mol. The smallest absolute Gasteiger partial charge is 0.221 e. The molecule has 0 aliphatic rings. The number of carbonyl (C=O) groups excluding carboxylic acids is 1. The Morgan fingerprint density at radius 1 is 1.53 bits per heavy atom. The highest BCUT2D eigenvalue weighted by Crippen LogP contribution is 2.09. The van der Waals surface area contributed by atoms with Crippen LogP contribution in [0.3, 0.4) is 0 Å². The van der Waals surface area contributed by atoms with Gasteiger partial charge in [-0.05, 0) is 13.3 Å². The number of aromatic nitrogens is 2. The van der Waals surface area contributed by atoms with E-state index in [0.717, 1.165) is 18.5 Å². The average Bonchev–Trinajstić information content (AvgIpc) is 2.73. The maximum absolute atomic E-state index is 11.4. The molecule has 1 atom stereocenters. The van der Waals surface area contributed by atoms with Crippen molar-refractivity contribution in [3.63, 3.8) is 0 Å². The van der Waals surface area contributed by atoms with E-state index in [0.29, 0.717) is 13.0 Å². The molecule has 1 rings (SSSR count). The van der Waals surface area contributed by atoms with Crippen LogP contribution in [0.5, 0.6) is 0 Å². The lowest BCUT2D eigenvalue weighted by molar-refractivity contribution is -0.121. The van der Waals surface area contributed by atoms with E-state index in [1.54, 1.807) is 4.68 Å². The van der Waals surface area contributed by atoms with Gasteiger partial charge in [0.25, 0.3) is 0 Å². The molecule has 2 N–H and O–H groups in total. The molecule has 1 heterocycles. The van der Waals surface area contributed by atoms with Gasteiger partial charge < -0.3 is 10.6 Å². The molecule has 0 saturated carbocycles. The quantitative estimate of drug-likeness (QED) is 0.744. The molecule has 5 nitrogen and oxygen atoms in total. The van der Waals surface area contributed by atoms with Gasteiger partial charge in [-0.3, -0.25) is 9.48 Å². The Morgan fingerprint density at radius 3 is 2.88 bits per heavy atom. The molecule has 1 unspecified atom stereocenters. The molecule has 0 aliphatic carbocycles. The first-order valence-corrected chi connectivity index (χ1v) is 6.12. The number of nitrogens with one attached hydrogen (secondary N) is 2. The number of rotatable bonds is 7. The highest BCUT2D eigenvalue weighted by atomic mass is 16.1. The molecule has 5 heteroatoms. The fourth-order valence-corrected chi connectivity index (χ4v) is 1.54. The largest absolute Gasteiger partial charge is 0.356 e. The third kappa shape index (κ3) is 4.99. The molecule has 0 bridgehead atoms. The summed E-state index contributed by atoms with van der Waals surface area (Å²) in [5, 5.41) is 10.3.